The van der Waals surface area contributed by atoms with Gasteiger partial charge in [0.05, 0.1) is 33.1 Å². The van der Waals surface area contributed by atoms with Crippen LogP contribution in [0.2, 0.25) is 0 Å². The molecule has 0 N–H and O–H groups in total. The fraction of sp³-hybridized carbons (Fsp3) is 0. The Morgan fingerprint density at radius 1 is 0.157 bits per heavy atom. The van der Waals surface area contributed by atoms with Crippen molar-refractivity contribution in [1.29, 1.82) is 0 Å². The van der Waals surface area contributed by atoms with E-state index in [1.165, 1.54) is 95.9 Å². The summed E-state index contributed by atoms with van der Waals surface area (Å²) in [5, 5.41) is 18.2. The fourth-order valence-electron chi connectivity index (χ4n) is 14.2. The average molecular weight is 1090 g/mol. The van der Waals surface area contributed by atoms with Crippen LogP contribution in [0.4, 0.5) is 0 Å². The van der Waals surface area contributed by atoms with Crippen LogP contribution >= 0.6 is 0 Å². The standard InChI is InChI=1S/C78H55N3Si2/c1-7-27-59(28-8-1)82(60-29-9-2-10-30-60,61-31-11-3-12-32-61)65-39-25-26-56(52-65)80-73-43-22-19-40-67(73)70-50-47-58(54-77(70)80)81-74-44-23-20-41-68(74)71-49-46-57(53-78(71)81)79-75-45-24-21-42-69(75)72-55-66(48-51-76(72)79)83(62-33-13-4-14-34-62,63-35-15-5-16-36-63)64-37-17-6-18-38-64/h1-55H. The Morgan fingerprint density at radius 2 is 0.434 bits per heavy atom. The molecule has 83 heavy (non-hydrogen) atoms. The molecule has 0 aliphatic carbocycles. The van der Waals surface area contributed by atoms with E-state index in [4.69, 9.17) is 0 Å². The SMILES string of the molecule is c1ccc([Si](c2ccccc2)(c2ccccc2)c2cccc(-n3c4ccccc4c4ccc(-n5c6ccccc6c6ccc(-n7c8ccccc8c8cc([Si](c9ccccc9)(c9ccccc9)c9ccccc9)ccc87)cc65)cc43)c2)cc1. The quantitative estimate of drug-likeness (QED) is 0.0906. The van der Waals surface area contributed by atoms with Crippen LogP contribution in [0.1, 0.15) is 0 Å². The second-order valence-corrected chi connectivity index (χ2v) is 29.6. The van der Waals surface area contributed by atoms with Crippen LogP contribution in [0.5, 0.6) is 0 Å². The zero-order chi connectivity index (χ0) is 54.9. The van der Waals surface area contributed by atoms with Gasteiger partial charge in [-0.05, 0) is 102 Å². The summed E-state index contributed by atoms with van der Waals surface area (Å²) in [6.07, 6.45) is 0. The van der Waals surface area contributed by atoms with Gasteiger partial charge in [-0.3, -0.25) is 0 Å². The molecule has 0 saturated heterocycles. The molecule has 13 aromatic carbocycles. The molecule has 0 spiro atoms. The third-order valence-electron chi connectivity index (χ3n) is 17.7. The highest BCUT2D eigenvalue weighted by Crippen LogP contribution is 2.39. The lowest BCUT2D eigenvalue weighted by molar-refractivity contribution is 1.15. The molecule has 5 heteroatoms. The van der Waals surface area contributed by atoms with Crippen molar-refractivity contribution < 1.29 is 0 Å². The van der Waals surface area contributed by atoms with E-state index in [1.807, 2.05) is 0 Å². The van der Waals surface area contributed by atoms with Gasteiger partial charge in [0.1, 0.15) is 0 Å². The van der Waals surface area contributed by atoms with Gasteiger partial charge in [0.25, 0.3) is 0 Å². The van der Waals surface area contributed by atoms with Crippen LogP contribution < -0.4 is 41.5 Å². The molecular formula is C78H55N3Si2. The predicted molar refractivity (Wildman–Crippen MR) is 357 cm³/mol. The zero-order valence-corrected chi connectivity index (χ0v) is 47.6. The summed E-state index contributed by atoms with van der Waals surface area (Å²) < 4.78 is 7.49. The Bertz CT molecular complexity index is 4880. The molecule has 390 valence electrons. The first-order valence-electron chi connectivity index (χ1n) is 28.7. The van der Waals surface area contributed by atoms with Gasteiger partial charge in [0.15, 0.2) is 16.1 Å². The highest BCUT2D eigenvalue weighted by atomic mass is 28.3. The van der Waals surface area contributed by atoms with Crippen LogP contribution in [0, 0.1) is 0 Å². The van der Waals surface area contributed by atoms with Gasteiger partial charge >= 0.3 is 0 Å². The van der Waals surface area contributed by atoms with Gasteiger partial charge in [-0.1, -0.05) is 273 Å². The Kier molecular flexibility index (Phi) is 11.6. The van der Waals surface area contributed by atoms with Gasteiger partial charge in [0.2, 0.25) is 0 Å². The minimum atomic E-state index is -2.83. The first-order chi connectivity index (χ1) is 41.2. The summed E-state index contributed by atoms with van der Waals surface area (Å²) in [6, 6.07) is 125. The molecule has 16 rings (SSSR count). The van der Waals surface area contributed by atoms with Gasteiger partial charge in [-0.2, -0.15) is 0 Å². The monoisotopic (exact) mass is 1090 g/mol. The number of para-hydroxylation sites is 3. The second-order valence-electron chi connectivity index (χ2n) is 21.9. The Balaban J connectivity index is 0.900. The van der Waals surface area contributed by atoms with Crippen molar-refractivity contribution in [2.24, 2.45) is 0 Å². The number of hydrogen-bond acceptors (Lipinski definition) is 0. The summed E-state index contributed by atoms with van der Waals surface area (Å²) in [7, 11) is -5.63. The molecule has 0 fully saturated rings. The molecule has 0 bridgehead atoms. The van der Waals surface area contributed by atoms with Crippen molar-refractivity contribution in [2.75, 3.05) is 0 Å². The molecular weight excluding hydrogens is 1040 g/mol. The lowest BCUT2D eigenvalue weighted by atomic mass is 10.1. The minimum Gasteiger partial charge on any atom is -0.309 e. The Labute approximate surface area is 484 Å². The third-order valence-corrected chi connectivity index (χ3v) is 27.3. The summed E-state index contributed by atoms with van der Waals surface area (Å²) in [5.74, 6) is 0. The van der Waals surface area contributed by atoms with E-state index in [0.29, 0.717) is 0 Å². The summed E-state index contributed by atoms with van der Waals surface area (Å²) in [4.78, 5) is 0. The van der Waals surface area contributed by atoms with Gasteiger partial charge in [0, 0.05) is 49.4 Å². The third kappa shape index (κ3) is 7.49. The van der Waals surface area contributed by atoms with Crippen LogP contribution in [0.3, 0.4) is 0 Å². The van der Waals surface area contributed by atoms with Crippen molar-refractivity contribution >= 4 is 123 Å². The van der Waals surface area contributed by atoms with Crippen molar-refractivity contribution in [3.05, 3.63) is 334 Å². The maximum absolute atomic E-state index is 2.83. The zero-order valence-electron chi connectivity index (χ0n) is 45.6. The first kappa shape index (κ1) is 48.6. The van der Waals surface area contributed by atoms with E-state index in [0.717, 1.165) is 28.1 Å². The highest BCUT2D eigenvalue weighted by Gasteiger charge is 2.43. The first-order valence-corrected chi connectivity index (χ1v) is 32.7. The van der Waals surface area contributed by atoms with E-state index < -0.39 is 16.1 Å². The molecule has 0 unspecified atom stereocenters. The number of rotatable bonds is 11. The summed E-state index contributed by atoms with van der Waals surface area (Å²) in [5.41, 5.74) is 10.4. The Morgan fingerprint density at radius 3 is 0.819 bits per heavy atom. The number of nitrogens with zero attached hydrogens (tertiary/aromatic N) is 3. The summed E-state index contributed by atoms with van der Waals surface area (Å²) in [6.45, 7) is 0. The van der Waals surface area contributed by atoms with Gasteiger partial charge in [-0.25, -0.2) is 0 Å². The van der Waals surface area contributed by atoms with Gasteiger partial charge in [-0.15, -0.1) is 0 Å². The molecule has 0 saturated carbocycles. The van der Waals surface area contributed by atoms with Crippen LogP contribution in [-0.2, 0) is 0 Å². The maximum atomic E-state index is 2.53. The van der Waals surface area contributed by atoms with Crippen molar-refractivity contribution in [2.45, 2.75) is 0 Å². The molecule has 0 amide bonds. The van der Waals surface area contributed by atoms with E-state index in [2.05, 4.69) is 347 Å². The molecule has 3 nitrogen and oxygen atoms in total. The largest absolute Gasteiger partial charge is 0.309 e. The van der Waals surface area contributed by atoms with Crippen molar-refractivity contribution in [3.8, 4) is 17.1 Å². The van der Waals surface area contributed by atoms with E-state index >= 15 is 0 Å². The van der Waals surface area contributed by atoms with Crippen LogP contribution in [-0.4, -0.2) is 29.8 Å². The second kappa shape index (κ2) is 19.7. The van der Waals surface area contributed by atoms with E-state index in [1.54, 1.807) is 0 Å². The Hall–Kier alpha value is -10.3. The number of fused-ring (bicyclic) bond motifs is 9. The topological polar surface area (TPSA) is 14.8 Å². The fourth-order valence-corrected chi connectivity index (χ4v) is 23.8. The molecule has 3 heterocycles. The van der Waals surface area contributed by atoms with Gasteiger partial charge < -0.3 is 13.7 Å². The van der Waals surface area contributed by atoms with E-state index in [-0.39, 0.29) is 0 Å². The lowest BCUT2D eigenvalue weighted by Crippen LogP contribution is -2.74. The molecule has 0 radical (unpaired) electrons. The molecule has 0 aliphatic heterocycles. The molecule has 0 atom stereocenters. The predicted octanol–water partition coefficient (Wildman–Crippen LogP) is 13.7. The number of hydrogen-bond donors (Lipinski definition) is 0. The summed E-state index contributed by atoms with van der Waals surface area (Å²) >= 11 is 0. The average Bonchev–Trinajstić information content (AvgIpc) is 4.35. The molecule has 0 aliphatic rings. The minimum absolute atomic E-state index is 1.11. The molecule has 16 aromatic rings. The van der Waals surface area contributed by atoms with Crippen molar-refractivity contribution in [3.63, 3.8) is 0 Å². The van der Waals surface area contributed by atoms with Crippen LogP contribution in [0.25, 0.3) is 82.5 Å². The normalized spacial score (nSPS) is 12.1. The lowest BCUT2D eigenvalue weighted by Gasteiger charge is -2.34. The van der Waals surface area contributed by atoms with Crippen molar-refractivity contribution in [1.82, 2.24) is 13.7 Å². The number of benzene rings is 13. The maximum Gasteiger partial charge on any atom is 0.179 e. The van der Waals surface area contributed by atoms with Crippen LogP contribution in [0.15, 0.2) is 334 Å². The smallest absolute Gasteiger partial charge is 0.179 e. The highest BCUT2D eigenvalue weighted by molar-refractivity contribution is 7.20. The number of aromatic nitrogens is 3. The van der Waals surface area contributed by atoms with E-state index in [9.17, 15) is 0 Å². The molecule has 3 aromatic heterocycles.